The van der Waals surface area contributed by atoms with Crippen molar-refractivity contribution in [2.75, 3.05) is 25.9 Å². The molecule has 1 aliphatic heterocycles. The Morgan fingerprint density at radius 3 is 2.62 bits per heavy atom. The standard InChI is InChI=1S/C15H20FN3O4S/c1-24(22,23)17-9-14(20)18-13-8-15(21)19(10-13)7-6-11-2-4-12(16)5-3-11/h2-5,13,17H,6-10H2,1H3,(H,18,20)/t13-/m0/s1. The normalized spacial score (nSPS) is 18.0. The number of likely N-dealkylation sites (tertiary alicyclic amines) is 1. The van der Waals surface area contributed by atoms with Crippen LogP contribution in [-0.2, 0) is 26.0 Å². The summed E-state index contributed by atoms with van der Waals surface area (Å²) >= 11 is 0. The third-order valence-electron chi connectivity index (χ3n) is 3.66. The van der Waals surface area contributed by atoms with E-state index in [1.807, 2.05) is 0 Å². The number of nitrogens with zero attached hydrogens (tertiary/aromatic N) is 1. The number of benzene rings is 1. The summed E-state index contributed by atoms with van der Waals surface area (Å²) in [5, 5.41) is 2.64. The number of halogens is 1. The maximum Gasteiger partial charge on any atom is 0.235 e. The van der Waals surface area contributed by atoms with Crippen LogP contribution in [0.5, 0.6) is 0 Å². The van der Waals surface area contributed by atoms with E-state index >= 15 is 0 Å². The zero-order chi connectivity index (χ0) is 17.7. The molecule has 0 aliphatic carbocycles. The number of amides is 2. The van der Waals surface area contributed by atoms with Gasteiger partial charge in [-0.05, 0) is 24.1 Å². The summed E-state index contributed by atoms with van der Waals surface area (Å²) in [6.07, 6.45) is 1.76. The molecule has 0 saturated carbocycles. The van der Waals surface area contributed by atoms with E-state index in [0.29, 0.717) is 19.5 Å². The molecule has 0 aromatic heterocycles. The van der Waals surface area contributed by atoms with Gasteiger partial charge in [0.2, 0.25) is 21.8 Å². The molecule has 1 saturated heterocycles. The van der Waals surface area contributed by atoms with Gasteiger partial charge >= 0.3 is 0 Å². The molecular formula is C15H20FN3O4S. The zero-order valence-corrected chi connectivity index (χ0v) is 14.1. The molecular weight excluding hydrogens is 337 g/mol. The predicted molar refractivity (Wildman–Crippen MR) is 86.1 cm³/mol. The second-order valence-corrected chi connectivity index (χ2v) is 7.61. The minimum atomic E-state index is -3.43. The Labute approximate surface area is 140 Å². The quantitative estimate of drug-likeness (QED) is 0.696. The summed E-state index contributed by atoms with van der Waals surface area (Å²) in [6.45, 7) is 0.516. The first-order valence-corrected chi connectivity index (χ1v) is 9.38. The number of hydrogen-bond acceptors (Lipinski definition) is 4. The van der Waals surface area contributed by atoms with Gasteiger partial charge in [0.1, 0.15) is 5.82 Å². The highest BCUT2D eigenvalue weighted by molar-refractivity contribution is 7.88. The van der Waals surface area contributed by atoms with E-state index in [2.05, 4.69) is 10.0 Å². The van der Waals surface area contributed by atoms with Crippen LogP contribution < -0.4 is 10.0 Å². The third-order valence-corrected chi connectivity index (χ3v) is 4.33. The monoisotopic (exact) mass is 357 g/mol. The number of rotatable bonds is 7. The Hall–Kier alpha value is -2.00. The van der Waals surface area contributed by atoms with Crippen LogP contribution in [0.15, 0.2) is 24.3 Å². The van der Waals surface area contributed by atoms with Crippen LogP contribution in [0.1, 0.15) is 12.0 Å². The third kappa shape index (κ3) is 5.89. The largest absolute Gasteiger partial charge is 0.350 e. The van der Waals surface area contributed by atoms with Crippen LogP contribution in [0, 0.1) is 5.82 Å². The lowest BCUT2D eigenvalue weighted by Gasteiger charge is -2.17. The molecule has 1 aliphatic rings. The van der Waals surface area contributed by atoms with Gasteiger partial charge < -0.3 is 10.2 Å². The molecule has 132 valence electrons. The van der Waals surface area contributed by atoms with Crippen molar-refractivity contribution in [2.45, 2.75) is 18.9 Å². The second kappa shape index (κ2) is 7.71. The van der Waals surface area contributed by atoms with Crippen LogP contribution in [0.25, 0.3) is 0 Å². The van der Waals surface area contributed by atoms with E-state index < -0.39 is 15.9 Å². The summed E-state index contributed by atoms with van der Waals surface area (Å²) in [5.41, 5.74) is 0.925. The van der Waals surface area contributed by atoms with Crippen molar-refractivity contribution >= 4 is 21.8 Å². The molecule has 1 atom stereocenters. The van der Waals surface area contributed by atoms with Crippen molar-refractivity contribution in [1.82, 2.24) is 14.9 Å². The molecule has 7 nitrogen and oxygen atoms in total. The van der Waals surface area contributed by atoms with E-state index in [-0.39, 0.29) is 30.7 Å². The van der Waals surface area contributed by atoms with E-state index in [1.165, 1.54) is 12.1 Å². The average Bonchev–Trinajstić information content (AvgIpc) is 2.84. The second-order valence-electron chi connectivity index (χ2n) is 5.78. The number of sulfonamides is 1. The Bertz CT molecular complexity index is 706. The molecule has 1 heterocycles. The van der Waals surface area contributed by atoms with Crippen LogP contribution in [0.4, 0.5) is 4.39 Å². The number of carbonyl (C=O) groups excluding carboxylic acids is 2. The fourth-order valence-corrected chi connectivity index (χ4v) is 2.87. The van der Waals surface area contributed by atoms with Gasteiger partial charge in [-0.25, -0.2) is 17.5 Å². The summed E-state index contributed by atoms with van der Waals surface area (Å²) in [5.74, 6) is -0.849. The first kappa shape index (κ1) is 18.3. The fourth-order valence-electron chi connectivity index (χ4n) is 2.48. The maximum atomic E-state index is 12.9. The molecule has 0 radical (unpaired) electrons. The zero-order valence-electron chi connectivity index (χ0n) is 13.3. The molecule has 0 spiro atoms. The molecule has 2 amide bonds. The SMILES string of the molecule is CS(=O)(=O)NCC(=O)N[C@H]1CC(=O)N(CCc2ccc(F)cc2)C1. The van der Waals surface area contributed by atoms with Crippen molar-refractivity contribution in [3.8, 4) is 0 Å². The van der Waals surface area contributed by atoms with Crippen LogP contribution >= 0.6 is 0 Å². The summed E-state index contributed by atoms with van der Waals surface area (Å²) in [4.78, 5) is 25.3. The first-order chi connectivity index (χ1) is 11.2. The lowest BCUT2D eigenvalue weighted by molar-refractivity contribution is -0.127. The molecule has 1 aromatic carbocycles. The minimum absolute atomic E-state index is 0.0708. The predicted octanol–water partition coefficient (Wildman–Crippen LogP) is -0.365. The lowest BCUT2D eigenvalue weighted by atomic mass is 10.1. The van der Waals surface area contributed by atoms with Crippen LogP contribution in [-0.4, -0.2) is 57.1 Å². The lowest BCUT2D eigenvalue weighted by Crippen LogP contribution is -2.43. The topological polar surface area (TPSA) is 95.6 Å². The van der Waals surface area contributed by atoms with Gasteiger partial charge in [-0.15, -0.1) is 0 Å². The van der Waals surface area contributed by atoms with Crippen LogP contribution in [0.2, 0.25) is 0 Å². The Balaban J connectivity index is 1.78. The Morgan fingerprint density at radius 2 is 2.00 bits per heavy atom. The van der Waals surface area contributed by atoms with Gasteiger partial charge in [-0.3, -0.25) is 9.59 Å². The van der Waals surface area contributed by atoms with Gasteiger partial charge in [0, 0.05) is 19.5 Å². The molecule has 2 N–H and O–H groups in total. The fraction of sp³-hybridized carbons (Fsp3) is 0.467. The first-order valence-electron chi connectivity index (χ1n) is 7.49. The highest BCUT2D eigenvalue weighted by atomic mass is 32.2. The van der Waals surface area contributed by atoms with E-state index in [1.54, 1.807) is 17.0 Å². The van der Waals surface area contributed by atoms with Gasteiger partial charge in [0.25, 0.3) is 0 Å². The smallest absolute Gasteiger partial charge is 0.235 e. The summed E-state index contributed by atoms with van der Waals surface area (Å²) < 4.78 is 36.8. The molecule has 1 fully saturated rings. The van der Waals surface area contributed by atoms with Crippen molar-refractivity contribution in [3.05, 3.63) is 35.6 Å². The molecule has 2 rings (SSSR count). The van der Waals surface area contributed by atoms with Crippen molar-refractivity contribution in [3.63, 3.8) is 0 Å². The molecule has 24 heavy (non-hydrogen) atoms. The van der Waals surface area contributed by atoms with Crippen molar-refractivity contribution < 1.29 is 22.4 Å². The number of carbonyl (C=O) groups is 2. The summed E-state index contributed by atoms with van der Waals surface area (Å²) in [7, 11) is -3.43. The van der Waals surface area contributed by atoms with Crippen molar-refractivity contribution in [1.29, 1.82) is 0 Å². The van der Waals surface area contributed by atoms with Gasteiger partial charge in [-0.1, -0.05) is 12.1 Å². The maximum absolute atomic E-state index is 12.9. The van der Waals surface area contributed by atoms with Gasteiger partial charge in [0.15, 0.2) is 0 Å². The Morgan fingerprint density at radius 1 is 1.33 bits per heavy atom. The van der Waals surface area contributed by atoms with Crippen molar-refractivity contribution in [2.24, 2.45) is 0 Å². The Kier molecular flexibility index (Phi) is 5.89. The van der Waals surface area contributed by atoms with E-state index in [4.69, 9.17) is 0 Å². The number of hydrogen-bond donors (Lipinski definition) is 2. The molecule has 0 bridgehead atoms. The molecule has 0 unspecified atom stereocenters. The molecule has 9 heteroatoms. The van der Waals surface area contributed by atoms with E-state index in [9.17, 15) is 22.4 Å². The van der Waals surface area contributed by atoms with E-state index in [0.717, 1.165) is 11.8 Å². The average molecular weight is 357 g/mol. The highest BCUT2D eigenvalue weighted by Gasteiger charge is 2.30. The minimum Gasteiger partial charge on any atom is -0.350 e. The van der Waals surface area contributed by atoms with Crippen LogP contribution in [0.3, 0.4) is 0 Å². The number of nitrogens with one attached hydrogen (secondary N) is 2. The summed E-state index contributed by atoms with van der Waals surface area (Å²) in [6, 6.07) is 5.76. The highest BCUT2D eigenvalue weighted by Crippen LogP contribution is 2.12. The van der Waals surface area contributed by atoms with Gasteiger partial charge in [-0.2, -0.15) is 0 Å². The van der Waals surface area contributed by atoms with Gasteiger partial charge in [0.05, 0.1) is 18.8 Å². The molecule has 1 aromatic rings.